The van der Waals surface area contributed by atoms with Crippen molar-refractivity contribution in [2.24, 2.45) is 50.2 Å². The molecular weight excluding hydrogens is 612 g/mol. The summed E-state index contributed by atoms with van der Waals surface area (Å²) in [7, 11) is 1.63. The Morgan fingerprint density at radius 3 is 2.15 bits per heavy atom. The summed E-state index contributed by atoms with van der Waals surface area (Å²) in [6, 6.07) is 0. The fourth-order valence-corrected chi connectivity index (χ4v) is 11.5. The first kappa shape index (κ1) is 37.4. The number of rotatable bonds is 13. The van der Waals surface area contributed by atoms with Crippen molar-refractivity contribution in [3.05, 3.63) is 11.6 Å². The summed E-state index contributed by atoms with van der Waals surface area (Å²) in [5.74, 6) is -0.590. The first-order chi connectivity index (χ1) is 22.5. The summed E-state index contributed by atoms with van der Waals surface area (Å²) in [6.07, 6.45) is 9.82. The summed E-state index contributed by atoms with van der Waals surface area (Å²) in [4.78, 5) is 39.6. The number of carbonyl (C=O) groups excluding carboxylic acids is 2. The Hall–Kier alpha value is -1.81. The van der Waals surface area contributed by atoms with Crippen LogP contribution in [-0.2, 0) is 38.1 Å². The SMILES string of the molecule is COCCOCCOCCOC(=O)CO[C@H]1CC[C@]2(C)[C@H]3C(=O)C=C4[C@@H]5C[C@@](C)(C(=O)O)CC[C@]5(C)CC[C@@]4(C)[C@]3(C)CC[C@H]2C1(C)C. The lowest BCUT2D eigenvalue weighted by Gasteiger charge is -2.70. The summed E-state index contributed by atoms with van der Waals surface area (Å²) in [6.45, 7) is 18.2. The number of esters is 1. The van der Waals surface area contributed by atoms with Gasteiger partial charge in [0, 0.05) is 13.0 Å². The second-order valence-corrected chi connectivity index (χ2v) is 17.7. The van der Waals surface area contributed by atoms with Gasteiger partial charge < -0.3 is 28.8 Å². The first-order valence-electron chi connectivity index (χ1n) is 18.4. The van der Waals surface area contributed by atoms with Crippen LogP contribution in [0.2, 0.25) is 0 Å². The second kappa shape index (κ2) is 13.7. The summed E-state index contributed by atoms with van der Waals surface area (Å²) < 4.78 is 27.4. The van der Waals surface area contributed by atoms with Crippen molar-refractivity contribution in [1.29, 1.82) is 0 Å². The topological polar surface area (TPSA) is 118 Å². The molecule has 0 aromatic heterocycles. The van der Waals surface area contributed by atoms with Gasteiger partial charge in [-0.25, -0.2) is 4.79 Å². The van der Waals surface area contributed by atoms with Crippen molar-refractivity contribution in [2.75, 3.05) is 53.4 Å². The molecule has 0 unspecified atom stereocenters. The maximum Gasteiger partial charge on any atom is 0.332 e. The number of hydrogen-bond donors (Lipinski definition) is 1. The highest BCUT2D eigenvalue weighted by molar-refractivity contribution is 5.95. The monoisotopic (exact) mass is 674 g/mol. The molecule has 0 aliphatic heterocycles. The third-order valence-corrected chi connectivity index (χ3v) is 14.7. The van der Waals surface area contributed by atoms with Crippen LogP contribution in [0.15, 0.2) is 11.6 Å². The van der Waals surface area contributed by atoms with Gasteiger partial charge in [0.1, 0.15) is 13.2 Å². The van der Waals surface area contributed by atoms with Crippen LogP contribution in [0.4, 0.5) is 0 Å². The minimum absolute atomic E-state index is 0.0372. The molecule has 0 aromatic carbocycles. The van der Waals surface area contributed by atoms with E-state index in [2.05, 4.69) is 41.5 Å². The molecule has 0 bridgehead atoms. The highest BCUT2D eigenvalue weighted by Gasteiger charge is 2.70. The molecule has 48 heavy (non-hydrogen) atoms. The molecule has 0 heterocycles. The maximum atomic E-state index is 14.6. The van der Waals surface area contributed by atoms with Crippen LogP contribution in [0.5, 0.6) is 0 Å². The number of hydrogen-bond acceptors (Lipinski definition) is 8. The van der Waals surface area contributed by atoms with Crippen molar-refractivity contribution in [2.45, 2.75) is 112 Å². The van der Waals surface area contributed by atoms with E-state index in [1.807, 2.05) is 13.0 Å². The molecule has 5 aliphatic rings. The maximum absolute atomic E-state index is 14.6. The number of carboxylic acids is 1. The molecular formula is C39H62O9. The molecule has 4 saturated carbocycles. The van der Waals surface area contributed by atoms with Crippen LogP contribution in [0.25, 0.3) is 0 Å². The molecule has 9 heteroatoms. The van der Waals surface area contributed by atoms with Gasteiger partial charge in [-0.1, -0.05) is 47.1 Å². The molecule has 0 amide bonds. The number of carboxylic acid groups (broad SMARTS) is 1. The van der Waals surface area contributed by atoms with Crippen LogP contribution in [0, 0.1) is 50.2 Å². The number of ether oxygens (including phenoxy) is 5. The van der Waals surface area contributed by atoms with Crippen LogP contribution >= 0.6 is 0 Å². The van der Waals surface area contributed by atoms with Crippen molar-refractivity contribution in [1.82, 2.24) is 0 Å². The smallest absolute Gasteiger partial charge is 0.332 e. The van der Waals surface area contributed by atoms with E-state index in [0.29, 0.717) is 45.9 Å². The molecule has 5 aliphatic carbocycles. The van der Waals surface area contributed by atoms with Gasteiger partial charge >= 0.3 is 11.9 Å². The van der Waals surface area contributed by atoms with Gasteiger partial charge in [0.25, 0.3) is 0 Å². The van der Waals surface area contributed by atoms with Crippen molar-refractivity contribution in [3.63, 3.8) is 0 Å². The van der Waals surface area contributed by atoms with E-state index in [-0.39, 0.29) is 69.9 Å². The molecule has 4 fully saturated rings. The van der Waals surface area contributed by atoms with Gasteiger partial charge in [-0.15, -0.1) is 0 Å². The second-order valence-electron chi connectivity index (χ2n) is 17.7. The molecule has 1 N–H and O–H groups in total. The fraction of sp³-hybridized carbons (Fsp3) is 0.872. The van der Waals surface area contributed by atoms with Gasteiger partial charge in [-0.2, -0.15) is 0 Å². The number of allylic oxidation sites excluding steroid dienone is 2. The summed E-state index contributed by atoms with van der Waals surface area (Å²) >= 11 is 0. The standard InChI is InChI=1S/C39H62O9/c1-34(2)29-9-12-39(7)32(28(40)23-26-27-24-36(4,33(42)43)14-13-35(27,3)15-16-38(26,39)6)37(29,5)11-10-30(34)48-25-31(41)47-22-21-46-20-19-45-18-17-44-8/h23,27,29-30,32H,9-22,24-25H2,1-8H3,(H,42,43)/t27-,29-,30-,32+,35+,36-,37-,38+,39+/m0/s1. The van der Waals surface area contributed by atoms with Gasteiger partial charge in [0.2, 0.25) is 0 Å². The van der Waals surface area contributed by atoms with E-state index in [1.54, 1.807) is 7.11 Å². The van der Waals surface area contributed by atoms with Crippen LogP contribution < -0.4 is 0 Å². The Labute approximate surface area is 288 Å². The zero-order valence-corrected chi connectivity index (χ0v) is 30.9. The lowest BCUT2D eigenvalue weighted by atomic mass is 9.33. The average molecular weight is 675 g/mol. The zero-order chi connectivity index (χ0) is 35.2. The van der Waals surface area contributed by atoms with Crippen LogP contribution in [0.3, 0.4) is 0 Å². The van der Waals surface area contributed by atoms with Crippen molar-refractivity contribution in [3.8, 4) is 0 Å². The Morgan fingerprint density at radius 1 is 0.833 bits per heavy atom. The van der Waals surface area contributed by atoms with Gasteiger partial charge in [-0.3, -0.25) is 9.59 Å². The van der Waals surface area contributed by atoms with E-state index in [4.69, 9.17) is 23.7 Å². The molecule has 0 aromatic rings. The first-order valence-corrected chi connectivity index (χ1v) is 18.4. The highest BCUT2D eigenvalue weighted by atomic mass is 16.6. The molecule has 0 spiro atoms. The Kier molecular flexibility index (Phi) is 10.7. The molecule has 0 radical (unpaired) electrons. The third-order valence-electron chi connectivity index (χ3n) is 14.7. The van der Waals surface area contributed by atoms with E-state index < -0.39 is 17.4 Å². The van der Waals surface area contributed by atoms with E-state index in [1.165, 1.54) is 5.57 Å². The Bertz CT molecular complexity index is 1260. The molecule has 0 saturated heterocycles. The Balaban J connectivity index is 1.25. The summed E-state index contributed by atoms with van der Waals surface area (Å²) in [5, 5.41) is 10.2. The lowest BCUT2D eigenvalue weighted by molar-refractivity contribution is -0.210. The molecule has 9 nitrogen and oxygen atoms in total. The molecule has 5 rings (SSSR count). The number of carbonyl (C=O) groups is 3. The zero-order valence-electron chi connectivity index (χ0n) is 30.9. The van der Waals surface area contributed by atoms with E-state index in [0.717, 1.165) is 44.9 Å². The normalized spacial score (nSPS) is 41.7. The number of aliphatic carboxylic acids is 1. The van der Waals surface area contributed by atoms with Gasteiger partial charge in [0.05, 0.1) is 44.6 Å². The van der Waals surface area contributed by atoms with Crippen molar-refractivity contribution >= 4 is 17.7 Å². The van der Waals surface area contributed by atoms with Crippen molar-refractivity contribution < 1.29 is 43.2 Å². The van der Waals surface area contributed by atoms with Crippen LogP contribution in [-0.4, -0.2) is 82.3 Å². The van der Waals surface area contributed by atoms with E-state index >= 15 is 0 Å². The number of methoxy groups -OCH3 is 1. The predicted octanol–water partition coefficient (Wildman–Crippen LogP) is 6.66. The highest BCUT2D eigenvalue weighted by Crippen LogP contribution is 2.75. The summed E-state index contributed by atoms with van der Waals surface area (Å²) in [5.41, 5.74) is -0.266. The minimum atomic E-state index is -0.754. The number of ketones is 1. The molecule has 9 atom stereocenters. The van der Waals surface area contributed by atoms with Crippen LogP contribution in [0.1, 0.15) is 106 Å². The Morgan fingerprint density at radius 2 is 1.48 bits per heavy atom. The fourth-order valence-electron chi connectivity index (χ4n) is 11.5. The number of fused-ring (bicyclic) bond motifs is 7. The largest absolute Gasteiger partial charge is 0.481 e. The van der Waals surface area contributed by atoms with Gasteiger partial charge in [-0.05, 0) is 110 Å². The molecule has 272 valence electrons. The lowest BCUT2D eigenvalue weighted by Crippen LogP contribution is -2.66. The quantitative estimate of drug-likeness (QED) is 0.169. The third kappa shape index (κ3) is 6.32. The predicted molar refractivity (Wildman–Crippen MR) is 181 cm³/mol. The minimum Gasteiger partial charge on any atom is -0.481 e. The van der Waals surface area contributed by atoms with E-state index in [9.17, 15) is 19.5 Å². The average Bonchev–Trinajstić information content (AvgIpc) is 3.01. The van der Waals surface area contributed by atoms with Gasteiger partial charge in [0.15, 0.2) is 5.78 Å².